The van der Waals surface area contributed by atoms with Crippen LogP contribution in [0.5, 0.6) is 0 Å². The first-order valence-electron chi connectivity index (χ1n) is 28.0. The Bertz CT molecular complexity index is 5140. The van der Waals surface area contributed by atoms with E-state index < -0.39 is 0 Å². The number of benzene rings is 14. The van der Waals surface area contributed by atoms with E-state index >= 15 is 0 Å². The number of aryl methyl sites for hydroxylation is 4. The Hall–Kier alpha value is -9.18. The summed E-state index contributed by atoms with van der Waals surface area (Å²) in [6.07, 6.45) is 0. The molecule has 18 rings (SSSR count). The summed E-state index contributed by atoms with van der Waals surface area (Å²) >= 11 is 3.80. The molecule has 0 spiro atoms. The molecule has 80 heavy (non-hydrogen) atoms. The molecular formula is C78H48S2. The van der Waals surface area contributed by atoms with E-state index in [-0.39, 0.29) is 0 Å². The van der Waals surface area contributed by atoms with Crippen molar-refractivity contribution in [2.75, 3.05) is 0 Å². The average molecular weight is 1050 g/mol. The van der Waals surface area contributed by atoms with Gasteiger partial charge in [-0.2, -0.15) is 0 Å². The Labute approximate surface area is 471 Å². The summed E-state index contributed by atoms with van der Waals surface area (Å²) in [6, 6.07) is 84.6. The third-order valence-corrected chi connectivity index (χ3v) is 20.7. The summed E-state index contributed by atoms with van der Waals surface area (Å²) < 4.78 is 5.26. The third-order valence-electron chi connectivity index (χ3n) is 18.5. The number of rotatable bonds is 4. The van der Waals surface area contributed by atoms with Crippen molar-refractivity contribution >= 4 is 117 Å². The van der Waals surface area contributed by atoms with E-state index in [1.165, 1.54) is 205 Å². The molecule has 2 aromatic heterocycles. The van der Waals surface area contributed by atoms with Gasteiger partial charge in [0.15, 0.2) is 0 Å². The molecule has 0 nitrogen and oxygen atoms in total. The van der Waals surface area contributed by atoms with Gasteiger partial charge in [0.05, 0.1) is 0 Å². The molecule has 0 bridgehead atoms. The van der Waals surface area contributed by atoms with Gasteiger partial charge in [-0.15, -0.1) is 22.7 Å². The van der Waals surface area contributed by atoms with E-state index in [0.717, 1.165) is 0 Å². The van der Waals surface area contributed by atoms with Crippen LogP contribution in [0.15, 0.2) is 218 Å². The fourth-order valence-corrected chi connectivity index (χ4v) is 17.4. The van der Waals surface area contributed by atoms with Gasteiger partial charge in [0.2, 0.25) is 0 Å². The molecular weight excluding hydrogens is 1000 g/mol. The van der Waals surface area contributed by atoms with Crippen LogP contribution >= 0.6 is 22.7 Å². The summed E-state index contributed by atoms with van der Waals surface area (Å²) in [5.74, 6) is 0. The molecule has 0 amide bonds. The number of thiophene rings is 2. The minimum atomic E-state index is 1.27. The highest BCUT2D eigenvalue weighted by atomic mass is 32.1. The molecule has 2 aliphatic rings. The maximum absolute atomic E-state index is 2.59. The predicted octanol–water partition coefficient (Wildman–Crippen LogP) is 23.4. The minimum absolute atomic E-state index is 1.27. The zero-order valence-electron chi connectivity index (χ0n) is 44.6. The largest absolute Gasteiger partial charge is 0.135 e. The van der Waals surface area contributed by atoms with Crippen molar-refractivity contribution < 1.29 is 0 Å². The van der Waals surface area contributed by atoms with Crippen LogP contribution in [-0.4, -0.2) is 0 Å². The lowest BCUT2D eigenvalue weighted by atomic mass is 9.83. The molecule has 0 N–H and O–H groups in total. The zero-order valence-corrected chi connectivity index (χ0v) is 46.2. The molecule has 16 aromatic rings. The van der Waals surface area contributed by atoms with Gasteiger partial charge in [0, 0.05) is 40.3 Å². The summed E-state index contributed by atoms with van der Waals surface area (Å²) in [4.78, 5) is 0. The van der Waals surface area contributed by atoms with Crippen LogP contribution in [0.25, 0.3) is 183 Å². The summed E-state index contributed by atoms with van der Waals surface area (Å²) in [6.45, 7) is 9.03. The van der Waals surface area contributed by atoms with Crippen molar-refractivity contribution in [3.05, 3.63) is 241 Å². The molecule has 0 atom stereocenters. The van der Waals surface area contributed by atoms with Gasteiger partial charge in [-0.05, 0) is 253 Å². The van der Waals surface area contributed by atoms with Crippen LogP contribution in [0.4, 0.5) is 0 Å². The fourth-order valence-electron chi connectivity index (χ4n) is 15.1. The molecule has 0 fully saturated rings. The maximum atomic E-state index is 2.59. The van der Waals surface area contributed by atoms with Gasteiger partial charge >= 0.3 is 0 Å². The van der Waals surface area contributed by atoms with Gasteiger partial charge in [0.25, 0.3) is 0 Å². The normalized spacial score (nSPS) is 12.5. The second-order valence-corrected chi connectivity index (χ2v) is 24.9. The van der Waals surface area contributed by atoms with E-state index in [9.17, 15) is 0 Å². The highest BCUT2D eigenvalue weighted by molar-refractivity contribution is 7.26. The van der Waals surface area contributed by atoms with E-state index in [0.29, 0.717) is 0 Å². The van der Waals surface area contributed by atoms with Gasteiger partial charge in [-0.1, -0.05) is 158 Å². The summed E-state index contributed by atoms with van der Waals surface area (Å²) in [7, 11) is 0. The minimum Gasteiger partial charge on any atom is -0.135 e. The number of fused-ring (bicyclic) bond motifs is 17. The van der Waals surface area contributed by atoms with Gasteiger partial charge in [-0.3, -0.25) is 0 Å². The number of hydrogen-bond donors (Lipinski definition) is 0. The van der Waals surface area contributed by atoms with Crippen LogP contribution in [0, 0.1) is 27.7 Å². The lowest BCUT2D eigenvalue weighted by molar-refractivity contribution is 1.38. The first kappa shape index (κ1) is 44.8. The highest BCUT2D eigenvalue weighted by Gasteiger charge is 2.30. The van der Waals surface area contributed by atoms with Crippen LogP contribution < -0.4 is 0 Å². The Kier molecular flexibility index (Phi) is 9.07. The summed E-state index contributed by atoms with van der Waals surface area (Å²) in [5.41, 5.74) is 26.1. The Morgan fingerprint density at radius 2 is 0.475 bits per heavy atom. The van der Waals surface area contributed by atoms with Crippen LogP contribution in [-0.2, 0) is 0 Å². The molecule has 14 aromatic carbocycles. The van der Waals surface area contributed by atoms with Crippen molar-refractivity contribution in [2.24, 2.45) is 0 Å². The molecule has 0 saturated heterocycles. The van der Waals surface area contributed by atoms with Crippen molar-refractivity contribution in [3.8, 4) is 89.0 Å². The highest BCUT2D eigenvalue weighted by Crippen LogP contribution is 2.57. The monoisotopic (exact) mass is 1050 g/mol. The Morgan fingerprint density at radius 1 is 0.188 bits per heavy atom. The van der Waals surface area contributed by atoms with Crippen LogP contribution in [0.1, 0.15) is 22.3 Å². The topological polar surface area (TPSA) is 0 Å². The molecule has 372 valence electrons. The van der Waals surface area contributed by atoms with E-state index in [4.69, 9.17) is 0 Å². The molecule has 2 heteroatoms. The maximum Gasteiger partial charge on any atom is 0.0361 e. The zero-order chi connectivity index (χ0) is 52.8. The molecule has 2 heterocycles. The van der Waals surface area contributed by atoms with Gasteiger partial charge < -0.3 is 0 Å². The molecule has 0 saturated carbocycles. The standard InChI is InChI=1S/C78H48S2/c1-41-15-9-16-42(2)73(41)51-31-33-53-61-39-65-63(35-57(61)47-23-11-21-45(51)75(47)53)59(49-25-13-29-71-77(49)55-19-5-7-27-69(55)79-71)37-68-66-40-62-54-34-32-52(74-43(3)17-10-18-44(74)4)46-22-12-24-48(76(46)54)58(62)36-64(66)60(38-67(65)68)50-26-14-30-72-78(50)56-20-6-8-28-70(56)80-72/h5-40H,1-4H3. The summed E-state index contributed by atoms with van der Waals surface area (Å²) in [5, 5.41) is 18.3. The second kappa shape index (κ2) is 16.2. The van der Waals surface area contributed by atoms with E-state index in [1.54, 1.807) is 0 Å². The van der Waals surface area contributed by atoms with E-state index in [1.807, 2.05) is 22.7 Å². The van der Waals surface area contributed by atoms with Crippen molar-refractivity contribution in [2.45, 2.75) is 27.7 Å². The SMILES string of the molecule is Cc1cccc(C)c1-c1ccc2c3c(cccc13)-c1cc3c(-c4cccc5sc6ccccc6c45)cc4c5cc6c(cc5c(-c5cccc7sc8ccccc8c57)cc4c3cc1-2)-c1cccc2c(-c3c(C)cccc3C)ccc-6c12. The van der Waals surface area contributed by atoms with Crippen molar-refractivity contribution in [1.29, 1.82) is 0 Å². The lowest BCUT2D eigenvalue weighted by Gasteiger charge is -2.19. The van der Waals surface area contributed by atoms with Crippen molar-refractivity contribution in [1.82, 2.24) is 0 Å². The molecule has 0 aliphatic heterocycles. The van der Waals surface area contributed by atoms with Crippen LogP contribution in [0.2, 0.25) is 0 Å². The number of hydrogen-bond acceptors (Lipinski definition) is 2. The smallest absolute Gasteiger partial charge is 0.0361 e. The first-order chi connectivity index (χ1) is 39.3. The lowest BCUT2D eigenvalue weighted by Crippen LogP contribution is -1.92. The molecule has 0 unspecified atom stereocenters. The molecule has 0 radical (unpaired) electrons. The van der Waals surface area contributed by atoms with E-state index in [2.05, 4.69) is 246 Å². The Balaban J connectivity index is 1.00. The quantitative estimate of drug-likeness (QED) is 0.154. The van der Waals surface area contributed by atoms with Crippen molar-refractivity contribution in [3.63, 3.8) is 0 Å². The average Bonchev–Trinajstić information content (AvgIpc) is 3.74. The van der Waals surface area contributed by atoms with Gasteiger partial charge in [-0.25, -0.2) is 0 Å². The fraction of sp³-hybridized carbons (Fsp3) is 0.0513. The molecule has 2 aliphatic carbocycles. The first-order valence-corrected chi connectivity index (χ1v) is 29.6. The van der Waals surface area contributed by atoms with Crippen LogP contribution in [0.3, 0.4) is 0 Å². The second-order valence-electron chi connectivity index (χ2n) is 22.7. The third kappa shape index (κ3) is 5.94. The van der Waals surface area contributed by atoms with Gasteiger partial charge in [0.1, 0.15) is 0 Å². The Morgan fingerprint density at radius 3 is 0.900 bits per heavy atom. The predicted molar refractivity (Wildman–Crippen MR) is 349 cm³/mol.